The van der Waals surface area contributed by atoms with E-state index in [0.717, 1.165) is 16.7 Å². The van der Waals surface area contributed by atoms with Gasteiger partial charge in [0.2, 0.25) is 0 Å². The number of rotatable bonds is 0. The molecule has 1 rings (SSSR count). The van der Waals surface area contributed by atoms with Crippen molar-refractivity contribution < 1.29 is 5.11 Å². The van der Waals surface area contributed by atoms with Gasteiger partial charge in [-0.05, 0) is 31.9 Å². The first kappa shape index (κ1) is 8.18. The van der Waals surface area contributed by atoms with Crippen LogP contribution in [0.2, 0.25) is 0 Å². The van der Waals surface area contributed by atoms with Crippen molar-refractivity contribution in [2.75, 3.05) is 0 Å². The molecule has 0 saturated carbocycles. The van der Waals surface area contributed by atoms with Crippen molar-refractivity contribution in [1.29, 1.82) is 0 Å². The number of phenols is 1. The van der Waals surface area contributed by atoms with E-state index in [1.54, 1.807) is 0 Å². The molecule has 0 aliphatic carbocycles. The fourth-order valence-corrected chi connectivity index (χ4v) is 1.10. The van der Waals surface area contributed by atoms with Crippen molar-refractivity contribution in [3.63, 3.8) is 0 Å². The Morgan fingerprint density at radius 1 is 1.18 bits per heavy atom. The molecule has 56 valence electrons. The van der Waals surface area contributed by atoms with Gasteiger partial charge in [-0.1, -0.05) is 17.1 Å². The summed E-state index contributed by atoms with van der Waals surface area (Å²) in [6.45, 7) is 5.74. The number of benzene rings is 1. The largest absolute Gasteiger partial charge is 0.508 e. The average molecular weight is 146 g/mol. The molecular formula is C9H11BO. The Labute approximate surface area is 68.5 Å². The van der Waals surface area contributed by atoms with Gasteiger partial charge >= 0.3 is 0 Å². The van der Waals surface area contributed by atoms with Gasteiger partial charge in [0.25, 0.3) is 0 Å². The molecule has 0 atom stereocenters. The van der Waals surface area contributed by atoms with Crippen LogP contribution in [0.5, 0.6) is 5.75 Å². The van der Waals surface area contributed by atoms with Crippen molar-refractivity contribution in [3.8, 4) is 5.75 Å². The van der Waals surface area contributed by atoms with Gasteiger partial charge < -0.3 is 5.11 Å². The number of aryl methyl sites for hydroxylation is 2. The molecule has 0 bridgehead atoms. The van der Waals surface area contributed by atoms with Gasteiger partial charge in [0.1, 0.15) is 13.6 Å². The minimum absolute atomic E-state index is 0.216. The maximum atomic E-state index is 9.39. The number of aromatic hydroxyl groups is 1. The molecule has 0 fully saturated rings. The van der Waals surface area contributed by atoms with Crippen molar-refractivity contribution in [3.05, 3.63) is 22.8 Å². The first-order chi connectivity index (χ1) is 5.04. The van der Waals surface area contributed by atoms with E-state index in [1.165, 1.54) is 0 Å². The Morgan fingerprint density at radius 3 is 2.27 bits per heavy atom. The van der Waals surface area contributed by atoms with Crippen molar-refractivity contribution in [2.24, 2.45) is 0 Å². The van der Waals surface area contributed by atoms with E-state index in [2.05, 4.69) is 0 Å². The standard InChI is InChI=1S/C9H11BO/c1-5-4-6(2)9(11)8(10)7(5)3/h4,11H,1-3H3. The van der Waals surface area contributed by atoms with Gasteiger partial charge in [-0.15, -0.1) is 0 Å². The zero-order chi connectivity index (χ0) is 8.59. The molecule has 0 spiro atoms. The van der Waals surface area contributed by atoms with Gasteiger partial charge in [0.05, 0.1) is 0 Å². The Morgan fingerprint density at radius 2 is 1.73 bits per heavy atom. The van der Waals surface area contributed by atoms with Crippen molar-refractivity contribution in [1.82, 2.24) is 0 Å². The molecule has 11 heavy (non-hydrogen) atoms. The zero-order valence-electron chi connectivity index (χ0n) is 7.10. The van der Waals surface area contributed by atoms with Crippen LogP contribution in [0.15, 0.2) is 6.07 Å². The van der Waals surface area contributed by atoms with E-state index in [9.17, 15) is 5.11 Å². The molecule has 0 aromatic heterocycles. The minimum Gasteiger partial charge on any atom is -0.508 e. The van der Waals surface area contributed by atoms with E-state index in [4.69, 9.17) is 7.85 Å². The van der Waals surface area contributed by atoms with Crippen LogP contribution < -0.4 is 5.46 Å². The highest BCUT2D eigenvalue weighted by atomic mass is 16.3. The van der Waals surface area contributed by atoms with Gasteiger partial charge in [-0.2, -0.15) is 0 Å². The minimum atomic E-state index is 0.216. The third-order valence-corrected chi connectivity index (χ3v) is 2.06. The van der Waals surface area contributed by atoms with E-state index in [0.29, 0.717) is 5.46 Å². The quantitative estimate of drug-likeness (QED) is 0.543. The molecule has 2 radical (unpaired) electrons. The third-order valence-electron chi connectivity index (χ3n) is 2.06. The second-order valence-electron chi connectivity index (χ2n) is 2.90. The predicted octanol–water partition coefficient (Wildman–Crippen LogP) is 1.11. The number of phenolic OH excluding ortho intramolecular Hbond substituents is 1. The lowest BCUT2D eigenvalue weighted by Gasteiger charge is -2.09. The van der Waals surface area contributed by atoms with E-state index >= 15 is 0 Å². The highest BCUT2D eigenvalue weighted by Crippen LogP contribution is 2.16. The van der Waals surface area contributed by atoms with Gasteiger partial charge in [-0.25, -0.2) is 0 Å². The average Bonchev–Trinajstić information content (AvgIpc) is 1.97. The van der Waals surface area contributed by atoms with Crippen LogP contribution in [0.25, 0.3) is 0 Å². The van der Waals surface area contributed by atoms with Crippen LogP contribution in [-0.4, -0.2) is 13.0 Å². The van der Waals surface area contributed by atoms with Gasteiger partial charge in [0.15, 0.2) is 0 Å². The monoisotopic (exact) mass is 146 g/mol. The Balaban J connectivity index is 3.46. The van der Waals surface area contributed by atoms with Crippen LogP contribution in [0, 0.1) is 20.8 Å². The molecule has 1 N–H and O–H groups in total. The molecule has 1 aromatic carbocycles. The van der Waals surface area contributed by atoms with Gasteiger partial charge in [0, 0.05) is 0 Å². The van der Waals surface area contributed by atoms with Gasteiger partial charge in [-0.3, -0.25) is 0 Å². The molecule has 0 aliphatic heterocycles. The zero-order valence-corrected chi connectivity index (χ0v) is 7.10. The SMILES string of the molecule is [B]c1c(C)c(C)cc(C)c1O. The lowest BCUT2D eigenvalue weighted by Crippen LogP contribution is -2.10. The molecule has 1 nitrogen and oxygen atoms in total. The van der Waals surface area contributed by atoms with Crippen LogP contribution >= 0.6 is 0 Å². The summed E-state index contributed by atoms with van der Waals surface area (Å²) in [5.41, 5.74) is 3.43. The van der Waals surface area contributed by atoms with Crippen molar-refractivity contribution >= 4 is 13.3 Å². The topological polar surface area (TPSA) is 20.2 Å². The Hall–Kier alpha value is -0.915. The fourth-order valence-electron chi connectivity index (χ4n) is 1.10. The number of hydrogen-bond donors (Lipinski definition) is 1. The predicted molar refractivity (Wildman–Crippen MR) is 47.7 cm³/mol. The molecular weight excluding hydrogens is 135 g/mol. The molecule has 0 heterocycles. The molecule has 0 unspecified atom stereocenters. The summed E-state index contributed by atoms with van der Waals surface area (Å²) < 4.78 is 0. The summed E-state index contributed by atoms with van der Waals surface area (Å²) in [4.78, 5) is 0. The smallest absolute Gasteiger partial charge is 0.119 e. The first-order valence-electron chi connectivity index (χ1n) is 3.59. The van der Waals surface area contributed by atoms with E-state index in [-0.39, 0.29) is 5.75 Å². The lowest BCUT2D eigenvalue weighted by atomic mass is 9.86. The molecule has 0 aliphatic rings. The normalized spacial score (nSPS) is 10.1. The first-order valence-corrected chi connectivity index (χ1v) is 3.59. The Kier molecular flexibility index (Phi) is 1.94. The van der Waals surface area contributed by atoms with Crippen molar-refractivity contribution in [2.45, 2.75) is 20.8 Å². The maximum absolute atomic E-state index is 9.39. The van der Waals surface area contributed by atoms with Crippen LogP contribution in [0.4, 0.5) is 0 Å². The second-order valence-corrected chi connectivity index (χ2v) is 2.90. The van der Waals surface area contributed by atoms with E-state index in [1.807, 2.05) is 26.8 Å². The fraction of sp³-hybridized carbons (Fsp3) is 0.333. The lowest BCUT2D eigenvalue weighted by molar-refractivity contribution is 0.475. The highest BCUT2D eigenvalue weighted by molar-refractivity contribution is 6.35. The summed E-state index contributed by atoms with van der Waals surface area (Å²) in [5.74, 6) is 0.216. The van der Waals surface area contributed by atoms with Crippen LogP contribution in [-0.2, 0) is 0 Å². The molecule has 0 amide bonds. The summed E-state index contributed by atoms with van der Waals surface area (Å²) in [6.07, 6.45) is 0. The summed E-state index contributed by atoms with van der Waals surface area (Å²) in [7, 11) is 5.63. The third kappa shape index (κ3) is 1.25. The Bertz CT molecular complexity index is 266. The molecule has 0 saturated heterocycles. The summed E-state index contributed by atoms with van der Waals surface area (Å²) >= 11 is 0. The van der Waals surface area contributed by atoms with Crippen LogP contribution in [0.1, 0.15) is 16.7 Å². The second kappa shape index (κ2) is 2.61. The number of hydrogen-bond acceptors (Lipinski definition) is 1. The molecule has 1 aromatic rings. The van der Waals surface area contributed by atoms with Crippen LogP contribution in [0.3, 0.4) is 0 Å². The highest BCUT2D eigenvalue weighted by Gasteiger charge is 2.04. The molecule has 2 heteroatoms. The summed E-state index contributed by atoms with van der Waals surface area (Å²) in [5, 5.41) is 9.39. The summed E-state index contributed by atoms with van der Waals surface area (Å²) in [6, 6.07) is 1.93. The maximum Gasteiger partial charge on any atom is 0.119 e. The van der Waals surface area contributed by atoms with E-state index < -0.39 is 0 Å².